The Morgan fingerprint density at radius 1 is 1.54 bits per heavy atom. The van der Waals surface area contributed by atoms with Gasteiger partial charge in [-0.05, 0) is 19.4 Å². The summed E-state index contributed by atoms with van der Waals surface area (Å²) in [6.45, 7) is 1.88. The summed E-state index contributed by atoms with van der Waals surface area (Å²) >= 11 is 0. The van der Waals surface area contributed by atoms with Gasteiger partial charge in [0.25, 0.3) is 0 Å². The number of nitrogens with one attached hydrogen (secondary N) is 2. The predicted octanol–water partition coefficient (Wildman–Crippen LogP) is 0.318. The molecule has 72 valence electrons. The van der Waals surface area contributed by atoms with Crippen molar-refractivity contribution in [2.24, 2.45) is 0 Å². The second kappa shape index (κ2) is 3.79. The molecule has 4 nitrogen and oxygen atoms in total. The van der Waals surface area contributed by atoms with Crippen LogP contribution in [-0.2, 0) is 6.54 Å². The number of H-pyrrole nitrogens is 1. The normalized spacial score (nSPS) is 23.2. The second-order valence-electron chi connectivity index (χ2n) is 3.56. The average Bonchev–Trinajstić information content (AvgIpc) is 2.54. The van der Waals surface area contributed by atoms with Crippen LogP contribution in [0.3, 0.4) is 0 Å². The van der Waals surface area contributed by atoms with E-state index in [1.54, 1.807) is 17.0 Å². The third-order valence-electron chi connectivity index (χ3n) is 2.55. The number of nitrogens with zero attached hydrogens (tertiary/aromatic N) is 1. The molecular weight excluding hydrogens is 166 g/mol. The monoisotopic (exact) mass is 181 g/mol. The van der Waals surface area contributed by atoms with E-state index >= 15 is 0 Å². The molecule has 1 atom stereocenters. The number of piperidine rings is 1. The van der Waals surface area contributed by atoms with Gasteiger partial charge < -0.3 is 10.3 Å². The van der Waals surface area contributed by atoms with E-state index in [0.717, 1.165) is 13.1 Å². The van der Waals surface area contributed by atoms with E-state index in [1.807, 2.05) is 0 Å². The van der Waals surface area contributed by atoms with E-state index in [0.29, 0.717) is 6.04 Å². The van der Waals surface area contributed by atoms with E-state index in [9.17, 15) is 4.79 Å². The molecule has 0 saturated carbocycles. The van der Waals surface area contributed by atoms with E-state index in [4.69, 9.17) is 0 Å². The number of imidazole rings is 1. The highest BCUT2D eigenvalue weighted by atomic mass is 16.1. The largest absolute Gasteiger partial charge is 0.325 e. The van der Waals surface area contributed by atoms with Crippen LogP contribution in [0.5, 0.6) is 0 Å². The van der Waals surface area contributed by atoms with Crippen LogP contribution in [0, 0.1) is 0 Å². The molecule has 2 N–H and O–H groups in total. The minimum atomic E-state index is -0.00706. The first-order valence-corrected chi connectivity index (χ1v) is 4.83. The summed E-state index contributed by atoms with van der Waals surface area (Å²) in [5.74, 6) is 0. The van der Waals surface area contributed by atoms with Crippen molar-refractivity contribution in [2.75, 3.05) is 6.54 Å². The fourth-order valence-electron chi connectivity index (χ4n) is 1.81. The Balaban J connectivity index is 1.97. The van der Waals surface area contributed by atoms with Gasteiger partial charge in [0.2, 0.25) is 0 Å². The van der Waals surface area contributed by atoms with Gasteiger partial charge in [-0.2, -0.15) is 0 Å². The van der Waals surface area contributed by atoms with Crippen molar-refractivity contribution in [3.63, 3.8) is 0 Å². The maximum absolute atomic E-state index is 11.2. The molecule has 2 heterocycles. The van der Waals surface area contributed by atoms with Crippen LogP contribution in [0.25, 0.3) is 0 Å². The molecule has 0 radical (unpaired) electrons. The van der Waals surface area contributed by atoms with Gasteiger partial charge in [-0.3, -0.25) is 4.57 Å². The summed E-state index contributed by atoms with van der Waals surface area (Å²) in [7, 11) is 0. The molecule has 0 aromatic carbocycles. The third kappa shape index (κ3) is 2.01. The first-order chi connectivity index (χ1) is 6.36. The minimum absolute atomic E-state index is 0.00706. The molecule has 1 aromatic heterocycles. The van der Waals surface area contributed by atoms with Gasteiger partial charge in [-0.25, -0.2) is 4.79 Å². The van der Waals surface area contributed by atoms with E-state index in [-0.39, 0.29) is 5.69 Å². The van der Waals surface area contributed by atoms with E-state index in [1.165, 1.54) is 19.3 Å². The summed E-state index contributed by atoms with van der Waals surface area (Å²) in [6.07, 6.45) is 7.21. The summed E-state index contributed by atoms with van der Waals surface area (Å²) in [5, 5.41) is 3.41. The number of aromatic nitrogens is 2. The lowest BCUT2D eigenvalue weighted by molar-refractivity contribution is 0.360. The van der Waals surface area contributed by atoms with Crippen LogP contribution in [0.1, 0.15) is 19.3 Å². The predicted molar refractivity (Wildman–Crippen MR) is 50.7 cm³/mol. The minimum Gasteiger partial charge on any atom is -0.313 e. The Labute approximate surface area is 77.0 Å². The van der Waals surface area contributed by atoms with Crippen LogP contribution >= 0.6 is 0 Å². The number of aromatic amines is 1. The molecule has 4 heteroatoms. The summed E-state index contributed by atoms with van der Waals surface area (Å²) in [4.78, 5) is 13.8. The first kappa shape index (κ1) is 8.56. The van der Waals surface area contributed by atoms with Gasteiger partial charge in [0.05, 0.1) is 0 Å². The van der Waals surface area contributed by atoms with Crippen LogP contribution in [0.2, 0.25) is 0 Å². The fourth-order valence-corrected chi connectivity index (χ4v) is 1.81. The molecule has 1 aromatic rings. The Morgan fingerprint density at radius 2 is 2.46 bits per heavy atom. The molecule has 0 bridgehead atoms. The maximum Gasteiger partial charge on any atom is 0.325 e. The molecule has 13 heavy (non-hydrogen) atoms. The molecule has 0 aliphatic carbocycles. The summed E-state index contributed by atoms with van der Waals surface area (Å²) in [6, 6.07) is 0.474. The van der Waals surface area contributed by atoms with E-state index in [2.05, 4.69) is 10.3 Å². The highest BCUT2D eigenvalue weighted by Crippen LogP contribution is 2.07. The van der Waals surface area contributed by atoms with Crippen molar-refractivity contribution in [1.29, 1.82) is 0 Å². The highest BCUT2D eigenvalue weighted by Gasteiger charge is 2.13. The molecule has 2 rings (SSSR count). The molecule has 1 fully saturated rings. The lowest BCUT2D eigenvalue weighted by Gasteiger charge is -2.23. The van der Waals surface area contributed by atoms with Gasteiger partial charge in [-0.15, -0.1) is 0 Å². The summed E-state index contributed by atoms with van der Waals surface area (Å²) in [5.41, 5.74) is -0.00706. The SMILES string of the molecule is O=c1[nH]ccn1CC1CCCCN1. The van der Waals surface area contributed by atoms with Crippen molar-refractivity contribution in [3.05, 3.63) is 22.9 Å². The Hall–Kier alpha value is -1.03. The van der Waals surface area contributed by atoms with E-state index < -0.39 is 0 Å². The van der Waals surface area contributed by atoms with Gasteiger partial charge in [-0.1, -0.05) is 6.42 Å². The van der Waals surface area contributed by atoms with Gasteiger partial charge in [0.15, 0.2) is 0 Å². The van der Waals surface area contributed by atoms with Crippen LogP contribution in [0.15, 0.2) is 17.2 Å². The number of hydrogen-bond acceptors (Lipinski definition) is 2. The molecule has 1 saturated heterocycles. The maximum atomic E-state index is 11.2. The first-order valence-electron chi connectivity index (χ1n) is 4.83. The zero-order valence-corrected chi connectivity index (χ0v) is 7.62. The molecule has 1 unspecified atom stereocenters. The number of hydrogen-bond donors (Lipinski definition) is 2. The molecule has 0 amide bonds. The van der Waals surface area contributed by atoms with Crippen molar-refractivity contribution >= 4 is 0 Å². The lowest BCUT2D eigenvalue weighted by atomic mass is 10.1. The Kier molecular flexibility index (Phi) is 2.49. The van der Waals surface area contributed by atoms with Crippen LogP contribution < -0.4 is 11.0 Å². The van der Waals surface area contributed by atoms with Crippen molar-refractivity contribution in [2.45, 2.75) is 31.8 Å². The standard InChI is InChI=1S/C9H15N3O/c13-9-11-5-6-12(9)7-8-3-1-2-4-10-8/h5-6,8,10H,1-4,7H2,(H,11,13). The topological polar surface area (TPSA) is 49.8 Å². The molecule has 1 aliphatic heterocycles. The van der Waals surface area contributed by atoms with Gasteiger partial charge in [0.1, 0.15) is 0 Å². The zero-order chi connectivity index (χ0) is 9.10. The molecule has 0 spiro atoms. The van der Waals surface area contributed by atoms with Crippen molar-refractivity contribution < 1.29 is 0 Å². The van der Waals surface area contributed by atoms with Crippen LogP contribution in [-0.4, -0.2) is 22.1 Å². The molecular formula is C9H15N3O. The quantitative estimate of drug-likeness (QED) is 0.690. The van der Waals surface area contributed by atoms with Crippen molar-refractivity contribution in [3.8, 4) is 0 Å². The third-order valence-corrected chi connectivity index (χ3v) is 2.55. The zero-order valence-electron chi connectivity index (χ0n) is 7.62. The fraction of sp³-hybridized carbons (Fsp3) is 0.667. The second-order valence-corrected chi connectivity index (χ2v) is 3.56. The smallest absolute Gasteiger partial charge is 0.313 e. The number of rotatable bonds is 2. The van der Waals surface area contributed by atoms with Crippen LogP contribution in [0.4, 0.5) is 0 Å². The summed E-state index contributed by atoms with van der Waals surface area (Å²) < 4.78 is 1.73. The van der Waals surface area contributed by atoms with Gasteiger partial charge in [0, 0.05) is 25.0 Å². The Bertz CT molecular complexity index is 309. The lowest BCUT2D eigenvalue weighted by Crippen LogP contribution is -2.39. The highest BCUT2D eigenvalue weighted by molar-refractivity contribution is 4.80. The van der Waals surface area contributed by atoms with Crippen molar-refractivity contribution in [1.82, 2.24) is 14.9 Å². The van der Waals surface area contributed by atoms with Gasteiger partial charge >= 0.3 is 5.69 Å². The average molecular weight is 181 g/mol. The Morgan fingerprint density at radius 3 is 3.08 bits per heavy atom. The molecule has 1 aliphatic rings.